The maximum Gasteiger partial charge on any atom is 0.325 e. The van der Waals surface area contributed by atoms with Gasteiger partial charge in [-0.25, -0.2) is 0 Å². The number of thioether (sulfide) groups is 1. The van der Waals surface area contributed by atoms with E-state index in [-0.39, 0.29) is 12.6 Å². The van der Waals surface area contributed by atoms with Gasteiger partial charge in [0, 0.05) is 17.1 Å². The fourth-order valence-corrected chi connectivity index (χ4v) is 3.25. The summed E-state index contributed by atoms with van der Waals surface area (Å²) >= 11 is 1.79. The summed E-state index contributed by atoms with van der Waals surface area (Å²) in [5.74, 6) is -0.234. The van der Waals surface area contributed by atoms with E-state index in [0.717, 1.165) is 6.42 Å². The van der Waals surface area contributed by atoms with E-state index in [1.165, 1.54) is 7.11 Å². The first-order valence-electron chi connectivity index (χ1n) is 5.93. The Bertz CT molecular complexity index is 238. The summed E-state index contributed by atoms with van der Waals surface area (Å²) in [6, 6.07) is 0. The molecule has 0 aromatic rings. The Labute approximate surface area is 108 Å². The van der Waals surface area contributed by atoms with Gasteiger partial charge in [-0.15, -0.1) is 0 Å². The van der Waals surface area contributed by atoms with E-state index < -0.39 is 5.54 Å². The number of aliphatic hydroxyl groups is 1. The summed E-state index contributed by atoms with van der Waals surface area (Å²) in [5, 5.41) is 12.6. The van der Waals surface area contributed by atoms with E-state index in [4.69, 9.17) is 9.84 Å². The molecule has 0 radical (unpaired) electrons. The SMILES string of the molecule is CNC(C)(CC(C)SC(C)CCO)C(=O)OC. The minimum Gasteiger partial charge on any atom is -0.468 e. The Balaban J connectivity index is 4.32. The van der Waals surface area contributed by atoms with Crippen LogP contribution in [-0.4, -0.2) is 47.9 Å². The van der Waals surface area contributed by atoms with Crippen LogP contribution >= 0.6 is 11.8 Å². The van der Waals surface area contributed by atoms with Crippen molar-refractivity contribution in [2.45, 2.75) is 49.7 Å². The van der Waals surface area contributed by atoms with Crippen molar-refractivity contribution < 1.29 is 14.6 Å². The van der Waals surface area contributed by atoms with Crippen LogP contribution in [0, 0.1) is 0 Å². The molecule has 0 amide bonds. The zero-order valence-corrected chi connectivity index (χ0v) is 12.3. The van der Waals surface area contributed by atoms with Crippen LogP contribution in [0.3, 0.4) is 0 Å². The number of carbonyl (C=O) groups is 1. The Hall–Kier alpha value is -0.260. The maximum absolute atomic E-state index is 11.7. The third-order valence-electron chi connectivity index (χ3n) is 2.88. The first-order chi connectivity index (χ1) is 7.89. The van der Waals surface area contributed by atoms with Gasteiger partial charge in [0.25, 0.3) is 0 Å². The van der Waals surface area contributed by atoms with E-state index in [1.54, 1.807) is 18.8 Å². The zero-order valence-electron chi connectivity index (χ0n) is 11.4. The van der Waals surface area contributed by atoms with Gasteiger partial charge in [-0.3, -0.25) is 4.79 Å². The number of likely N-dealkylation sites (N-methyl/N-ethyl adjacent to an activating group) is 1. The first-order valence-corrected chi connectivity index (χ1v) is 6.87. The lowest BCUT2D eigenvalue weighted by Crippen LogP contribution is -2.49. The van der Waals surface area contributed by atoms with Crippen LogP contribution in [0.4, 0.5) is 0 Å². The standard InChI is InChI=1S/C12H25NO3S/c1-9(6-7-14)17-10(2)8-12(3,13-4)11(15)16-5/h9-10,13-14H,6-8H2,1-5H3. The molecule has 0 rings (SSSR count). The number of methoxy groups -OCH3 is 1. The minimum absolute atomic E-state index is 0.210. The smallest absolute Gasteiger partial charge is 0.325 e. The third kappa shape index (κ3) is 5.75. The molecule has 0 saturated carbocycles. The molecule has 0 saturated heterocycles. The van der Waals surface area contributed by atoms with E-state index in [2.05, 4.69) is 19.2 Å². The van der Waals surface area contributed by atoms with Crippen molar-refractivity contribution in [3.8, 4) is 0 Å². The molecule has 0 aliphatic rings. The number of hydrogen-bond acceptors (Lipinski definition) is 5. The van der Waals surface area contributed by atoms with Crippen LogP contribution in [0.5, 0.6) is 0 Å². The third-order valence-corrected chi connectivity index (χ3v) is 4.22. The molecular weight excluding hydrogens is 238 g/mol. The van der Waals surface area contributed by atoms with E-state index in [9.17, 15) is 4.79 Å². The minimum atomic E-state index is -0.639. The lowest BCUT2D eigenvalue weighted by molar-refractivity contribution is -0.147. The van der Waals surface area contributed by atoms with Gasteiger partial charge in [-0.2, -0.15) is 11.8 Å². The second-order valence-electron chi connectivity index (χ2n) is 4.55. The molecule has 0 fully saturated rings. The van der Waals surface area contributed by atoms with Crippen LogP contribution in [0.25, 0.3) is 0 Å². The average molecular weight is 263 g/mol. The summed E-state index contributed by atoms with van der Waals surface area (Å²) in [5.41, 5.74) is -0.639. The van der Waals surface area contributed by atoms with Gasteiger partial charge in [0.15, 0.2) is 0 Å². The number of ether oxygens (including phenoxy) is 1. The molecule has 17 heavy (non-hydrogen) atoms. The lowest BCUT2D eigenvalue weighted by atomic mass is 9.96. The molecule has 3 atom stereocenters. The van der Waals surface area contributed by atoms with Crippen molar-refractivity contribution in [3.63, 3.8) is 0 Å². The molecule has 2 N–H and O–H groups in total. The Morgan fingerprint density at radius 2 is 2.06 bits per heavy atom. The molecule has 0 spiro atoms. The van der Waals surface area contributed by atoms with Gasteiger partial charge in [0.1, 0.15) is 5.54 Å². The summed E-state index contributed by atoms with van der Waals surface area (Å²) in [7, 11) is 3.18. The fraction of sp³-hybridized carbons (Fsp3) is 0.917. The molecule has 3 unspecified atom stereocenters. The zero-order chi connectivity index (χ0) is 13.5. The van der Waals surface area contributed by atoms with Crippen LogP contribution in [0.2, 0.25) is 0 Å². The first kappa shape index (κ1) is 16.7. The molecule has 5 heteroatoms. The summed E-state index contributed by atoms with van der Waals surface area (Å²) in [6.07, 6.45) is 1.49. The Morgan fingerprint density at radius 3 is 2.47 bits per heavy atom. The Kier molecular flexibility index (Phi) is 7.83. The maximum atomic E-state index is 11.7. The molecule has 4 nitrogen and oxygen atoms in total. The quantitative estimate of drug-likeness (QED) is 0.649. The number of nitrogens with one attached hydrogen (secondary N) is 1. The topological polar surface area (TPSA) is 58.6 Å². The molecular formula is C12H25NO3S. The molecule has 0 aliphatic carbocycles. The number of hydrogen-bond donors (Lipinski definition) is 2. The monoisotopic (exact) mass is 263 g/mol. The van der Waals surface area contributed by atoms with E-state index in [0.29, 0.717) is 16.9 Å². The van der Waals surface area contributed by atoms with Crippen molar-refractivity contribution in [3.05, 3.63) is 0 Å². The van der Waals surface area contributed by atoms with Gasteiger partial charge in [0.05, 0.1) is 7.11 Å². The number of carbonyl (C=O) groups excluding carboxylic acids is 1. The molecule has 0 aromatic heterocycles. The van der Waals surface area contributed by atoms with Crippen molar-refractivity contribution in [2.24, 2.45) is 0 Å². The fourth-order valence-electron chi connectivity index (χ4n) is 1.78. The second-order valence-corrected chi connectivity index (χ2v) is 6.43. The summed E-state index contributed by atoms with van der Waals surface area (Å²) in [4.78, 5) is 11.7. The highest BCUT2D eigenvalue weighted by Crippen LogP contribution is 2.27. The molecule has 0 aliphatic heterocycles. The largest absolute Gasteiger partial charge is 0.468 e. The molecule has 0 heterocycles. The summed E-state index contributed by atoms with van der Waals surface area (Å²) in [6.45, 7) is 6.25. The highest BCUT2D eigenvalue weighted by Gasteiger charge is 2.34. The average Bonchev–Trinajstić information content (AvgIpc) is 2.27. The predicted molar refractivity (Wildman–Crippen MR) is 72.3 cm³/mol. The van der Waals surface area contributed by atoms with Gasteiger partial charge in [-0.05, 0) is 26.8 Å². The highest BCUT2D eigenvalue weighted by atomic mass is 32.2. The highest BCUT2D eigenvalue weighted by molar-refractivity contribution is 8.00. The number of aliphatic hydroxyl groups excluding tert-OH is 1. The molecule has 0 bridgehead atoms. The van der Waals surface area contributed by atoms with E-state index >= 15 is 0 Å². The molecule has 102 valence electrons. The van der Waals surface area contributed by atoms with Gasteiger partial charge >= 0.3 is 5.97 Å². The molecule has 0 aromatic carbocycles. The van der Waals surface area contributed by atoms with Gasteiger partial charge in [-0.1, -0.05) is 13.8 Å². The van der Waals surface area contributed by atoms with Crippen LogP contribution in [-0.2, 0) is 9.53 Å². The summed E-state index contributed by atoms with van der Waals surface area (Å²) < 4.78 is 4.81. The Morgan fingerprint density at radius 1 is 1.47 bits per heavy atom. The van der Waals surface area contributed by atoms with Crippen LogP contribution < -0.4 is 5.32 Å². The van der Waals surface area contributed by atoms with Crippen molar-refractivity contribution in [1.82, 2.24) is 5.32 Å². The van der Waals surface area contributed by atoms with Crippen LogP contribution in [0.1, 0.15) is 33.6 Å². The number of esters is 1. The lowest BCUT2D eigenvalue weighted by Gasteiger charge is -2.29. The van der Waals surface area contributed by atoms with E-state index in [1.807, 2.05) is 6.92 Å². The normalized spacial score (nSPS) is 18.2. The van der Waals surface area contributed by atoms with Gasteiger partial charge < -0.3 is 15.2 Å². The van der Waals surface area contributed by atoms with Gasteiger partial charge in [0.2, 0.25) is 0 Å². The van der Waals surface area contributed by atoms with Crippen LogP contribution in [0.15, 0.2) is 0 Å². The van der Waals surface area contributed by atoms with Crippen molar-refractivity contribution in [2.75, 3.05) is 20.8 Å². The number of rotatable bonds is 8. The van der Waals surface area contributed by atoms with Crippen molar-refractivity contribution >= 4 is 17.7 Å². The second kappa shape index (κ2) is 7.95. The van der Waals surface area contributed by atoms with Crippen molar-refractivity contribution in [1.29, 1.82) is 0 Å². The predicted octanol–water partition coefficient (Wildman–Crippen LogP) is 1.42.